The summed E-state index contributed by atoms with van der Waals surface area (Å²) >= 11 is 0. The molecule has 5 atom stereocenters. The average Bonchev–Trinajstić information content (AvgIpc) is 3.02. The van der Waals surface area contributed by atoms with E-state index < -0.39 is 36.7 Å². The normalized spacial score (nSPS) is 26.4. The Kier molecular flexibility index (Phi) is 11.5. The number of fused-ring (bicyclic) bond motifs is 1. The van der Waals surface area contributed by atoms with E-state index in [4.69, 9.17) is 14.6 Å². The van der Waals surface area contributed by atoms with Crippen molar-refractivity contribution in [1.82, 2.24) is 5.32 Å². The molecule has 1 fully saturated rings. The molecule has 0 aromatic heterocycles. The molecule has 3 rings (SSSR count). The number of carbonyl (C=O) groups is 2. The van der Waals surface area contributed by atoms with E-state index in [-0.39, 0.29) is 54.7 Å². The third kappa shape index (κ3) is 7.27. The van der Waals surface area contributed by atoms with Crippen LogP contribution in [0.15, 0.2) is 18.2 Å². The van der Waals surface area contributed by atoms with Crippen molar-refractivity contribution in [2.45, 2.75) is 89.0 Å². The highest BCUT2D eigenvalue weighted by molar-refractivity contribution is 5.93. The standard InChI is InChI=1S/C26H38N2O8.HI/c1-15-26(2,3)17-12-16(9-10-18(17)28(15)11-7-5-6-8-21(30)31)13-20(29)27-14-19-22(32)23(33)24(34)25(35-4)36-19;/h9-10,12,19,22-25,32-34H,5-8,11,13-14H2,1-4H3,(H-,27,29,30,31);1H/t19-,22-,23+,24-,25+;/m1./s1. The molecule has 0 radical (unpaired) electrons. The zero-order valence-corrected chi connectivity index (χ0v) is 24.0. The highest BCUT2D eigenvalue weighted by Gasteiger charge is 2.44. The highest BCUT2D eigenvalue weighted by Crippen LogP contribution is 2.40. The molecule has 1 saturated heterocycles. The number of nitrogens with zero attached hydrogens (tertiary/aromatic N) is 1. The predicted molar refractivity (Wildman–Crippen MR) is 131 cm³/mol. The summed E-state index contributed by atoms with van der Waals surface area (Å²) in [4.78, 5) is 23.4. The van der Waals surface area contributed by atoms with Gasteiger partial charge < -0.3 is 59.2 Å². The van der Waals surface area contributed by atoms with Crippen LogP contribution in [0.4, 0.5) is 5.69 Å². The number of carboxylic acid groups (broad SMARTS) is 1. The fourth-order valence-corrected chi connectivity index (χ4v) is 4.90. The lowest BCUT2D eigenvalue weighted by atomic mass is 9.81. The summed E-state index contributed by atoms with van der Waals surface area (Å²) in [7, 11) is 1.32. The van der Waals surface area contributed by atoms with Gasteiger partial charge in [-0.3, -0.25) is 9.59 Å². The van der Waals surface area contributed by atoms with E-state index in [0.717, 1.165) is 36.2 Å². The molecule has 1 amide bonds. The number of carbonyl (C=O) groups excluding carboxylic acids is 1. The third-order valence-corrected chi connectivity index (χ3v) is 7.37. The molecule has 0 unspecified atom stereocenters. The summed E-state index contributed by atoms with van der Waals surface area (Å²) in [6.45, 7) is 7.20. The number of carboxylic acids is 1. The topological polar surface area (TPSA) is 149 Å². The smallest absolute Gasteiger partial charge is 0.303 e. The van der Waals surface area contributed by atoms with Crippen molar-refractivity contribution < 1.29 is 68.0 Å². The number of amides is 1. The minimum absolute atomic E-state index is 0. The number of hydrogen-bond donors (Lipinski definition) is 5. The number of aliphatic carboxylic acids is 1. The van der Waals surface area contributed by atoms with Crippen LogP contribution in [0.1, 0.15) is 57.6 Å². The quantitative estimate of drug-likeness (QED) is 0.105. The molecular formula is C26H39IN2O8. The van der Waals surface area contributed by atoms with E-state index in [1.807, 2.05) is 12.1 Å². The molecule has 2 aliphatic rings. The first-order chi connectivity index (χ1) is 17.0. The van der Waals surface area contributed by atoms with Crippen LogP contribution in [-0.4, -0.2) is 93.5 Å². The van der Waals surface area contributed by atoms with E-state index in [2.05, 4.69) is 36.7 Å². The zero-order valence-electron chi connectivity index (χ0n) is 21.8. The molecule has 1 aromatic carbocycles. The molecule has 0 bridgehead atoms. The maximum absolute atomic E-state index is 12.7. The number of rotatable bonds is 11. The van der Waals surface area contributed by atoms with Gasteiger partial charge in [-0.05, 0) is 38.3 Å². The lowest BCUT2D eigenvalue weighted by Gasteiger charge is -2.39. The lowest BCUT2D eigenvalue weighted by molar-refractivity contribution is -0.439. The van der Waals surface area contributed by atoms with Crippen LogP contribution in [-0.2, 0) is 30.9 Å². The lowest BCUT2D eigenvalue weighted by Crippen LogP contribution is -3.00. The third-order valence-electron chi connectivity index (χ3n) is 7.37. The number of unbranched alkanes of at least 4 members (excludes halogenated alkanes) is 2. The van der Waals surface area contributed by atoms with Gasteiger partial charge in [-0.25, -0.2) is 0 Å². The van der Waals surface area contributed by atoms with Crippen LogP contribution >= 0.6 is 0 Å². The van der Waals surface area contributed by atoms with Gasteiger partial charge >= 0.3 is 5.97 Å². The van der Waals surface area contributed by atoms with Crippen molar-refractivity contribution in [2.24, 2.45) is 0 Å². The number of benzene rings is 1. The molecule has 1 aromatic rings. The Morgan fingerprint density at radius 3 is 2.46 bits per heavy atom. The second-order valence-electron chi connectivity index (χ2n) is 10.1. The minimum atomic E-state index is -1.44. The zero-order chi connectivity index (χ0) is 26.6. The molecule has 10 nitrogen and oxygen atoms in total. The molecule has 5 N–H and O–H groups in total. The Hall–Kier alpha value is -1.64. The first-order valence-electron chi connectivity index (χ1n) is 12.4. The van der Waals surface area contributed by atoms with E-state index in [0.29, 0.717) is 6.42 Å². The molecule has 0 saturated carbocycles. The van der Waals surface area contributed by atoms with Gasteiger partial charge in [-0.1, -0.05) is 6.07 Å². The van der Waals surface area contributed by atoms with Crippen molar-refractivity contribution >= 4 is 23.3 Å². The Morgan fingerprint density at radius 1 is 1.11 bits per heavy atom. The fraction of sp³-hybridized carbons (Fsp3) is 0.654. The van der Waals surface area contributed by atoms with Crippen LogP contribution in [0, 0.1) is 0 Å². The number of aliphatic hydroxyl groups is 3. The first-order valence-corrected chi connectivity index (χ1v) is 12.4. The molecule has 37 heavy (non-hydrogen) atoms. The van der Waals surface area contributed by atoms with E-state index in [1.54, 1.807) is 0 Å². The van der Waals surface area contributed by atoms with Crippen molar-refractivity contribution in [3.05, 3.63) is 29.3 Å². The van der Waals surface area contributed by atoms with Crippen LogP contribution in [0.2, 0.25) is 0 Å². The van der Waals surface area contributed by atoms with Gasteiger partial charge in [0.2, 0.25) is 11.6 Å². The van der Waals surface area contributed by atoms with Crippen LogP contribution in [0.5, 0.6) is 0 Å². The Bertz CT molecular complexity index is 997. The SMILES string of the molecule is CO[C@H]1O[C@H](CNC(=O)Cc2ccc3c(c2)C(C)(C)C(C)=[N+]3CCCCCC(=O)O)[C@@H](O)[C@H](O)[C@H]1O.[I-]. The molecule has 2 heterocycles. The second-order valence-corrected chi connectivity index (χ2v) is 10.1. The summed E-state index contributed by atoms with van der Waals surface area (Å²) in [5.74, 6) is -1.02. The molecule has 0 spiro atoms. The maximum atomic E-state index is 12.7. The summed E-state index contributed by atoms with van der Waals surface area (Å²) < 4.78 is 12.7. The summed E-state index contributed by atoms with van der Waals surface area (Å²) in [6.07, 6.45) is -3.44. The maximum Gasteiger partial charge on any atom is 0.303 e. The average molecular weight is 635 g/mol. The Labute approximate surface area is 234 Å². The van der Waals surface area contributed by atoms with E-state index >= 15 is 0 Å². The van der Waals surface area contributed by atoms with E-state index in [1.165, 1.54) is 12.8 Å². The number of halogens is 1. The number of methoxy groups -OCH3 is 1. The molecule has 2 aliphatic heterocycles. The minimum Gasteiger partial charge on any atom is -1.00 e. The van der Waals surface area contributed by atoms with Gasteiger partial charge in [-0.15, -0.1) is 0 Å². The van der Waals surface area contributed by atoms with E-state index in [9.17, 15) is 24.9 Å². The van der Waals surface area contributed by atoms with Gasteiger partial charge in [-0.2, -0.15) is 4.58 Å². The number of aliphatic hydroxyl groups excluding tert-OH is 3. The Balaban J connectivity index is 0.00000481. The number of hydrogen-bond acceptors (Lipinski definition) is 7. The fourth-order valence-electron chi connectivity index (χ4n) is 4.90. The van der Waals surface area contributed by atoms with Gasteiger partial charge in [0, 0.05) is 45.0 Å². The highest BCUT2D eigenvalue weighted by atomic mass is 127. The van der Waals surface area contributed by atoms with Gasteiger partial charge in [0.25, 0.3) is 0 Å². The largest absolute Gasteiger partial charge is 1.00 e. The molecule has 11 heteroatoms. The van der Waals surface area contributed by atoms with Crippen LogP contribution < -0.4 is 29.3 Å². The summed E-state index contributed by atoms with van der Waals surface area (Å²) in [6, 6.07) is 6.01. The van der Waals surface area contributed by atoms with Crippen molar-refractivity contribution in [1.29, 1.82) is 0 Å². The second kappa shape index (κ2) is 13.4. The summed E-state index contributed by atoms with van der Waals surface area (Å²) in [5, 5.41) is 41.6. The molecule has 0 aliphatic carbocycles. The molecule has 208 valence electrons. The van der Waals surface area contributed by atoms with Crippen molar-refractivity contribution in [3.63, 3.8) is 0 Å². The monoisotopic (exact) mass is 634 g/mol. The summed E-state index contributed by atoms with van der Waals surface area (Å²) in [5.41, 5.74) is 4.12. The van der Waals surface area contributed by atoms with Gasteiger partial charge in [0.1, 0.15) is 31.0 Å². The predicted octanol–water partition coefficient (Wildman–Crippen LogP) is -2.16. The first kappa shape index (κ1) is 31.6. The van der Waals surface area contributed by atoms with Gasteiger partial charge in [0.05, 0.1) is 11.8 Å². The van der Waals surface area contributed by atoms with Crippen LogP contribution in [0.3, 0.4) is 0 Å². The Morgan fingerprint density at radius 2 is 1.81 bits per heavy atom. The van der Waals surface area contributed by atoms with Gasteiger partial charge in [0.15, 0.2) is 12.0 Å². The number of nitrogens with one attached hydrogen (secondary N) is 1. The van der Waals surface area contributed by atoms with Crippen molar-refractivity contribution in [3.8, 4) is 0 Å². The van der Waals surface area contributed by atoms with Crippen molar-refractivity contribution in [2.75, 3.05) is 20.2 Å². The number of ether oxygens (including phenoxy) is 2. The molecular weight excluding hydrogens is 595 g/mol. The van der Waals surface area contributed by atoms with Crippen LogP contribution in [0.25, 0.3) is 0 Å².